The number of aliphatic hydroxyl groups excluding tert-OH is 1. The van der Waals surface area contributed by atoms with Crippen LogP contribution in [0.15, 0.2) is 28.7 Å². The molecule has 1 aromatic heterocycles. The van der Waals surface area contributed by atoms with E-state index in [0.717, 1.165) is 11.3 Å². The van der Waals surface area contributed by atoms with Crippen LogP contribution in [-0.4, -0.2) is 17.2 Å². The summed E-state index contributed by atoms with van der Waals surface area (Å²) in [5.41, 5.74) is 1.40. The minimum absolute atomic E-state index is 0.112. The lowest BCUT2D eigenvalue weighted by atomic mass is 10.0. The van der Waals surface area contributed by atoms with E-state index in [2.05, 4.69) is 4.98 Å². The van der Waals surface area contributed by atoms with E-state index in [1.165, 1.54) is 38.5 Å². The van der Waals surface area contributed by atoms with Gasteiger partial charge in [0.05, 0.1) is 13.7 Å². The summed E-state index contributed by atoms with van der Waals surface area (Å²) < 4.78 is 10.6. The van der Waals surface area contributed by atoms with Gasteiger partial charge in [-0.05, 0) is 25.1 Å². The van der Waals surface area contributed by atoms with Crippen molar-refractivity contribution in [3.05, 3.63) is 35.7 Å². The first-order valence-corrected chi connectivity index (χ1v) is 7.96. The number of rotatable bonds is 3. The number of benzene rings is 1. The van der Waals surface area contributed by atoms with Gasteiger partial charge in [0.1, 0.15) is 17.2 Å². The molecule has 0 unspecified atom stereocenters. The molecule has 4 heteroatoms. The molecular formula is C18H25NO3. The number of methoxy groups -OCH3 is 1. The van der Waals surface area contributed by atoms with E-state index in [-0.39, 0.29) is 6.61 Å². The van der Waals surface area contributed by atoms with Gasteiger partial charge in [-0.1, -0.05) is 44.6 Å². The number of ether oxygens (including phenoxy) is 1. The van der Waals surface area contributed by atoms with Crippen LogP contribution in [0.5, 0.6) is 5.75 Å². The van der Waals surface area contributed by atoms with Gasteiger partial charge in [0.15, 0.2) is 0 Å². The zero-order valence-corrected chi connectivity index (χ0v) is 13.5. The monoisotopic (exact) mass is 303 g/mol. The van der Waals surface area contributed by atoms with Gasteiger partial charge in [-0.15, -0.1) is 0 Å². The van der Waals surface area contributed by atoms with Gasteiger partial charge in [-0.25, -0.2) is 4.98 Å². The number of aromatic nitrogens is 1. The molecule has 0 atom stereocenters. The highest BCUT2D eigenvalue weighted by Crippen LogP contribution is 2.25. The molecule has 4 nitrogen and oxygen atoms in total. The van der Waals surface area contributed by atoms with Crippen LogP contribution in [0.1, 0.15) is 50.0 Å². The van der Waals surface area contributed by atoms with Crippen molar-refractivity contribution in [2.75, 3.05) is 7.11 Å². The van der Waals surface area contributed by atoms with E-state index < -0.39 is 0 Å². The Morgan fingerprint density at radius 2 is 1.77 bits per heavy atom. The Labute approximate surface area is 132 Å². The fourth-order valence-corrected chi connectivity index (χ4v) is 2.51. The zero-order valence-electron chi connectivity index (χ0n) is 13.5. The summed E-state index contributed by atoms with van der Waals surface area (Å²) in [6.45, 7) is 1.67. The molecule has 120 valence electrons. The molecule has 0 radical (unpaired) electrons. The van der Waals surface area contributed by atoms with Crippen LogP contribution in [0.25, 0.3) is 11.5 Å². The number of aryl methyl sites for hydroxylation is 1. The molecule has 0 bridgehead atoms. The Morgan fingerprint density at radius 1 is 1.14 bits per heavy atom. The minimum Gasteiger partial charge on any atom is -0.497 e. The Bertz CT molecular complexity index is 562. The number of oxazole rings is 1. The molecule has 0 aliphatic heterocycles. The van der Waals surface area contributed by atoms with Crippen molar-refractivity contribution < 1.29 is 14.3 Å². The summed E-state index contributed by atoms with van der Waals surface area (Å²) in [5.74, 6) is 1.89. The third-order valence-electron chi connectivity index (χ3n) is 3.86. The van der Waals surface area contributed by atoms with Crippen LogP contribution >= 0.6 is 0 Å². The van der Waals surface area contributed by atoms with Crippen molar-refractivity contribution in [2.24, 2.45) is 0 Å². The Kier molecular flexibility index (Phi) is 6.46. The highest BCUT2D eigenvalue weighted by atomic mass is 16.5. The maximum absolute atomic E-state index is 9.03. The van der Waals surface area contributed by atoms with Gasteiger partial charge in [-0.2, -0.15) is 0 Å². The number of hydrogen-bond donors (Lipinski definition) is 1. The highest BCUT2D eigenvalue weighted by Gasteiger charge is 2.10. The number of aliphatic hydroxyl groups is 1. The van der Waals surface area contributed by atoms with Crippen molar-refractivity contribution in [3.8, 4) is 17.2 Å². The van der Waals surface area contributed by atoms with Crippen LogP contribution in [-0.2, 0) is 6.61 Å². The standard InChI is InChI=1S/C12H13NO3.C6H12/c1-8-11(7-14)13-12(16-8)9-4-3-5-10(6-9)15-2;1-2-4-6-5-3-1/h3-6,14H,7H2,1-2H3;1-6H2. The first-order valence-electron chi connectivity index (χ1n) is 7.96. The van der Waals surface area contributed by atoms with Crippen LogP contribution in [0.3, 0.4) is 0 Å². The van der Waals surface area contributed by atoms with E-state index >= 15 is 0 Å². The molecule has 1 saturated carbocycles. The number of hydrogen-bond acceptors (Lipinski definition) is 4. The summed E-state index contributed by atoms with van der Waals surface area (Å²) >= 11 is 0. The molecule has 1 fully saturated rings. The Hall–Kier alpha value is -1.81. The number of nitrogens with zero attached hydrogens (tertiary/aromatic N) is 1. The first-order chi connectivity index (χ1) is 10.7. The van der Waals surface area contributed by atoms with Gasteiger partial charge in [0.2, 0.25) is 5.89 Å². The van der Waals surface area contributed by atoms with E-state index in [9.17, 15) is 0 Å². The molecule has 22 heavy (non-hydrogen) atoms. The van der Waals surface area contributed by atoms with E-state index in [0.29, 0.717) is 17.3 Å². The predicted molar refractivity (Wildman–Crippen MR) is 86.9 cm³/mol. The molecule has 0 saturated heterocycles. The molecule has 1 aliphatic rings. The van der Waals surface area contributed by atoms with Crippen LogP contribution in [0.2, 0.25) is 0 Å². The van der Waals surface area contributed by atoms with Gasteiger partial charge in [0, 0.05) is 5.56 Å². The second-order valence-corrected chi connectivity index (χ2v) is 5.53. The van der Waals surface area contributed by atoms with Gasteiger partial charge >= 0.3 is 0 Å². The molecule has 2 aromatic rings. The third kappa shape index (κ3) is 4.60. The average Bonchev–Trinajstić information content (AvgIpc) is 2.98. The molecule has 1 aliphatic carbocycles. The zero-order chi connectivity index (χ0) is 15.8. The van der Waals surface area contributed by atoms with Crippen molar-refractivity contribution in [1.29, 1.82) is 0 Å². The molecule has 3 rings (SSSR count). The largest absolute Gasteiger partial charge is 0.497 e. The second kappa shape index (κ2) is 8.59. The molecule has 1 heterocycles. The molecular weight excluding hydrogens is 278 g/mol. The van der Waals surface area contributed by atoms with Crippen molar-refractivity contribution in [2.45, 2.75) is 52.1 Å². The van der Waals surface area contributed by atoms with Gasteiger partial charge < -0.3 is 14.3 Å². The summed E-state index contributed by atoms with van der Waals surface area (Å²) in [6, 6.07) is 7.44. The smallest absolute Gasteiger partial charge is 0.226 e. The molecule has 0 amide bonds. The Morgan fingerprint density at radius 3 is 2.27 bits per heavy atom. The molecule has 1 N–H and O–H groups in total. The fourth-order valence-electron chi connectivity index (χ4n) is 2.51. The molecule has 0 spiro atoms. The highest BCUT2D eigenvalue weighted by molar-refractivity contribution is 5.56. The predicted octanol–water partition coefficient (Wildman–Crippen LogP) is 4.49. The van der Waals surface area contributed by atoms with Crippen molar-refractivity contribution in [1.82, 2.24) is 4.98 Å². The first kappa shape index (κ1) is 16.6. The second-order valence-electron chi connectivity index (χ2n) is 5.53. The summed E-state index contributed by atoms with van der Waals surface area (Å²) in [6.07, 6.45) is 9.00. The summed E-state index contributed by atoms with van der Waals surface area (Å²) in [7, 11) is 1.61. The van der Waals surface area contributed by atoms with Crippen molar-refractivity contribution in [3.63, 3.8) is 0 Å². The lowest BCUT2D eigenvalue weighted by Crippen LogP contribution is -1.86. The average molecular weight is 303 g/mol. The SMILES string of the molecule is C1CCCCC1.COc1cccc(-c2nc(CO)c(C)o2)c1. The quantitative estimate of drug-likeness (QED) is 0.907. The summed E-state index contributed by atoms with van der Waals surface area (Å²) in [5, 5.41) is 9.03. The van der Waals surface area contributed by atoms with E-state index in [4.69, 9.17) is 14.3 Å². The van der Waals surface area contributed by atoms with Crippen molar-refractivity contribution >= 4 is 0 Å². The minimum atomic E-state index is -0.112. The van der Waals surface area contributed by atoms with Gasteiger partial charge in [0.25, 0.3) is 0 Å². The van der Waals surface area contributed by atoms with Crippen LogP contribution in [0.4, 0.5) is 0 Å². The topological polar surface area (TPSA) is 55.5 Å². The normalized spacial score (nSPS) is 14.1. The van der Waals surface area contributed by atoms with E-state index in [1.54, 1.807) is 14.0 Å². The lowest BCUT2D eigenvalue weighted by Gasteiger charge is -2.05. The maximum atomic E-state index is 9.03. The summed E-state index contributed by atoms with van der Waals surface area (Å²) in [4.78, 5) is 4.20. The maximum Gasteiger partial charge on any atom is 0.226 e. The van der Waals surface area contributed by atoms with Crippen LogP contribution < -0.4 is 4.74 Å². The lowest BCUT2D eigenvalue weighted by molar-refractivity contribution is 0.275. The fraction of sp³-hybridized carbons (Fsp3) is 0.500. The Balaban J connectivity index is 0.000000246. The van der Waals surface area contributed by atoms with E-state index in [1.807, 2.05) is 24.3 Å². The van der Waals surface area contributed by atoms with Gasteiger partial charge in [-0.3, -0.25) is 0 Å². The third-order valence-corrected chi connectivity index (χ3v) is 3.86. The molecule has 1 aromatic carbocycles. The van der Waals surface area contributed by atoms with Crippen LogP contribution in [0, 0.1) is 6.92 Å².